The molecule has 0 unspecified atom stereocenters. The minimum absolute atomic E-state index is 0.755. The van der Waals surface area contributed by atoms with Crippen molar-refractivity contribution in [3.8, 4) is 0 Å². The predicted octanol–water partition coefficient (Wildman–Crippen LogP) is 3.28. The lowest BCUT2D eigenvalue weighted by Gasteiger charge is -2.27. The summed E-state index contributed by atoms with van der Waals surface area (Å²) < 4.78 is 0.755. The molecule has 1 aliphatic rings. The van der Waals surface area contributed by atoms with Gasteiger partial charge in [0.2, 0.25) is 0 Å². The smallest absolute Gasteiger partial charge is 0.164 e. The van der Waals surface area contributed by atoms with Crippen molar-refractivity contribution in [2.75, 3.05) is 18.0 Å². The van der Waals surface area contributed by atoms with E-state index >= 15 is 0 Å². The maximum Gasteiger partial charge on any atom is 0.164 e. The van der Waals surface area contributed by atoms with Crippen LogP contribution in [0.5, 0.6) is 0 Å². The molecule has 0 aliphatic carbocycles. The highest BCUT2D eigenvalue weighted by molar-refractivity contribution is 7.71. The molecule has 1 N–H and O–H groups in total. The first-order valence-corrected chi connectivity index (χ1v) is 6.49. The zero-order valence-corrected chi connectivity index (χ0v) is 10.5. The van der Waals surface area contributed by atoms with Crippen molar-refractivity contribution in [3.05, 3.63) is 28.9 Å². The molecule has 17 heavy (non-hydrogen) atoms. The summed E-state index contributed by atoms with van der Waals surface area (Å²) in [5.74, 6) is 0.943. The molecule has 88 valence electrons. The molecule has 2 heterocycles. The highest BCUT2D eigenvalue weighted by Crippen LogP contribution is 2.20. The van der Waals surface area contributed by atoms with Crippen LogP contribution in [-0.4, -0.2) is 23.1 Å². The predicted molar refractivity (Wildman–Crippen MR) is 73.0 cm³/mol. The normalized spacial score (nSPS) is 16.4. The van der Waals surface area contributed by atoms with E-state index in [0.717, 1.165) is 34.6 Å². The highest BCUT2D eigenvalue weighted by Gasteiger charge is 2.14. The Morgan fingerprint density at radius 2 is 1.88 bits per heavy atom. The lowest BCUT2D eigenvalue weighted by Crippen LogP contribution is -2.30. The molecular weight excluding hydrogens is 230 g/mol. The van der Waals surface area contributed by atoms with Gasteiger partial charge in [-0.1, -0.05) is 24.4 Å². The third-order valence-corrected chi connectivity index (χ3v) is 3.52. The van der Waals surface area contributed by atoms with E-state index in [4.69, 9.17) is 12.2 Å². The van der Waals surface area contributed by atoms with Crippen LogP contribution in [0.1, 0.15) is 19.3 Å². The number of anilines is 1. The molecule has 0 atom stereocenters. The van der Waals surface area contributed by atoms with Gasteiger partial charge in [-0.3, -0.25) is 0 Å². The Labute approximate surface area is 105 Å². The molecule has 1 fully saturated rings. The van der Waals surface area contributed by atoms with E-state index in [1.165, 1.54) is 19.3 Å². The lowest BCUT2D eigenvalue weighted by atomic mass is 10.1. The van der Waals surface area contributed by atoms with Gasteiger partial charge in [-0.05, 0) is 31.4 Å². The molecule has 0 saturated carbocycles. The van der Waals surface area contributed by atoms with Crippen LogP contribution in [0.2, 0.25) is 0 Å². The van der Waals surface area contributed by atoms with E-state index < -0.39 is 0 Å². The minimum atomic E-state index is 0.755. The fourth-order valence-corrected chi connectivity index (χ4v) is 2.62. The van der Waals surface area contributed by atoms with Gasteiger partial charge in [0.05, 0.1) is 11.0 Å². The number of nitrogens with one attached hydrogen (secondary N) is 1. The van der Waals surface area contributed by atoms with Crippen LogP contribution < -0.4 is 4.90 Å². The van der Waals surface area contributed by atoms with Gasteiger partial charge in [-0.2, -0.15) is 0 Å². The summed E-state index contributed by atoms with van der Waals surface area (Å²) >= 11 is 5.40. The third-order valence-electron chi connectivity index (χ3n) is 3.24. The Kier molecular flexibility index (Phi) is 2.81. The maximum atomic E-state index is 5.40. The van der Waals surface area contributed by atoms with Gasteiger partial charge >= 0.3 is 0 Å². The molecular formula is C13H15N3S. The Morgan fingerprint density at radius 3 is 2.71 bits per heavy atom. The molecule has 0 bridgehead atoms. The molecule has 0 spiro atoms. The molecule has 1 saturated heterocycles. The number of hydrogen-bond acceptors (Lipinski definition) is 3. The Hall–Kier alpha value is -1.42. The largest absolute Gasteiger partial charge is 0.354 e. The van der Waals surface area contributed by atoms with Crippen LogP contribution in [0, 0.1) is 4.64 Å². The van der Waals surface area contributed by atoms with Gasteiger partial charge in [0.1, 0.15) is 4.64 Å². The average Bonchev–Trinajstić information content (AvgIpc) is 2.39. The van der Waals surface area contributed by atoms with E-state index in [-0.39, 0.29) is 0 Å². The van der Waals surface area contributed by atoms with E-state index in [9.17, 15) is 0 Å². The molecule has 0 amide bonds. The summed E-state index contributed by atoms with van der Waals surface area (Å²) in [6.45, 7) is 2.14. The van der Waals surface area contributed by atoms with Crippen molar-refractivity contribution in [2.45, 2.75) is 19.3 Å². The van der Waals surface area contributed by atoms with Crippen LogP contribution in [0.15, 0.2) is 24.3 Å². The first kappa shape index (κ1) is 10.7. The van der Waals surface area contributed by atoms with Gasteiger partial charge in [0.25, 0.3) is 0 Å². The van der Waals surface area contributed by atoms with Crippen LogP contribution in [0.4, 0.5) is 5.82 Å². The highest BCUT2D eigenvalue weighted by atomic mass is 32.1. The quantitative estimate of drug-likeness (QED) is 0.782. The molecule has 1 aromatic heterocycles. The maximum absolute atomic E-state index is 5.40. The van der Waals surface area contributed by atoms with Crippen molar-refractivity contribution in [3.63, 3.8) is 0 Å². The summed E-state index contributed by atoms with van der Waals surface area (Å²) in [7, 11) is 0. The van der Waals surface area contributed by atoms with Gasteiger partial charge in [0, 0.05) is 13.1 Å². The second-order valence-corrected chi connectivity index (χ2v) is 4.86. The molecule has 0 radical (unpaired) electrons. The van der Waals surface area contributed by atoms with Crippen molar-refractivity contribution in [1.82, 2.24) is 9.97 Å². The topological polar surface area (TPSA) is 31.9 Å². The first-order valence-electron chi connectivity index (χ1n) is 6.08. The number of aromatic nitrogens is 2. The van der Waals surface area contributed by atoms with Gasteiger partial charge in [-0.15, -0.1) is 0 Å². The summed E-state index contributed by atoms with van der Waals surface area (Å²) in [5.41, 5.74) is 2.00. The first-order chi connectivity index (χ1) is 8.34. The van der Waals surface area contributed by atoms with Gasteiger partial charge < -0.3 is 9.88 Å². The summed E-state index contributed by atoms with van der Waals surface area (Å²) in [4.78, 5) is 10.3. The number of benzene rings is 1. The van der Waals surface area contributed by atoms with Crippen LogP contribution in [0.3, 0.4) is 0 Å². The zero-order chi connectivity index (χ0) is 11.7. The summed E-state index contributed by atoms with van der Waals surface area (Å²) in [6, 6.07) is 8.04. The molecule has 3 rings (SSSR count). The van der Waals surface area contributed by atoms with E-state index in [2.05, 4.69) is 14.9 Å². The van der Waals surface area contributed by atoms with Crippen molar-refractivity contribution < 1.29 is 0 Å². The number of para-hydroxylation sites is 2. The van der Waals surface area contributed by atoms with Crippen molar-refractivity contribution >= 4 is 29.1 Å². The second-order valence-electron chi connectivity index (χ2n) is 4.45. The number of H-pyrrole nitrogens is 1. The SMILES string of the molecule is S=c1[nH]c2ccccc2nc1N1CCCCC1. The zero-order valence-electron chi connectivity index (χ0n) is 9.65. The monoisotopic (exact) mass is 245 g/mol. The standard InChI is InChI=1S/C13H15N3S/c17-13-12(16-8-4-1-5-9-16)14-10-6-2-3-7-11(10)15-13/h2-3,6-7H,1,4-5,8-9H2,(H,15,17). The van der Waals surface area contributed by atoms with Crippen LogP contribution >= 0.6 is 12.2 Å². The Balaban J connectivity index is 2.09. The third kappa shape index (κ3) is 2.05. The van der Waals surface area contributed by atoms with E-state index in [1.807, 2.05) is 24.3 Å². The molecule has 2 aromatic rings. The van der Waals surface area contributed by atoms with Gasteiger partial charge in [-0.25, -0.2) is 4.98 Å². The van der Waals surface area contributed by atoms with E-state index in [1.54, 1.807) is 0 Å². The number of aromatic amines is 1. The molecule has 4 heteroatoms. The minimum Gasteiger partial charge on any atom is -0.354 e. The molecule has 1 aliphatic heterocycles. The molecule has 1 aromatic carbocycles. The van der Waals surface area contributed by atoms with Crippen LogP contribution in [-0.2, 0) is 0 Å². The number of rotatable bonds is 1. The summed E-state index contributed by atoms with van der Waals surface area (Å²) in [5, 5.41) is 0. The van der Waals surface area contributed by atoms with Crippen molar-refractivity contribution in [1.29, 1.82) is 0 Å². The lowest BCUT2D eigenvalue weighted by molar-refractivity contribution is 0.573. The fraction of sp³-hybridized carbons (Fsp3) is 0.385. The van der Waals surface area contributed by atoms with E-state index in [0.29, 0.717) is 0 Å². The van der Waals surface area contributed by atoms with Crippen LogP contribution in [0.25, 0.3) is 11.0 Å². The van der Waals surface area contributed by atoms with Crippen molar-refractivity contribution in [2.24, 2.45) is 0 Å². The molecule has 3 nitrogen and oxygen atoms in total. The second kappa shape index (κ2) is 4.45. The number of hydrogen-bond donors (Lipinski definition) is 1. The number of piperidine rings is 1. The fourth-order valence-electron chi connectivity index (χ4n) is 2.34. The number of fused-ring (bicyclic) bond motifs is 1. The number of nitrogens with zero attached hydrogens (tertiary/aromatic N) is 2. The Bertz CT molecular complexity index is 584. The van der Waals surface area contributed by atoms with Gasteiger partial charge in [0.15, 0.2) is 5.82 Å². The summed E-state index contributed by atoms with van der Waals surface area (Å²) in [6.07, 6.45) is 3.80. The Morgan fingerprint density at radius 1 is 1.12 bits per heavy atom. The average molecular weight is 245 g/mol.